The maximum absolute atomic E-state index is 12.1. The van der Waals surface area contributed by atoms with Crippen LogP contribution in [0.15, 0.2) is 29.2 Å². The van der Waals surface area contributed by atoms with Crippen molar-refractivity contribution in [2.45, 2.75) is 12.6 Å². The maximum atomic E-state index is 12.1. The van der Waals surface area contributed by atoms with Crippen molar-refractivity contribution >= 4 is 16.9 Å². The van der Waals surface area contributed by atoms with Gasteiger partial charge in [-0.3, -0.25) is 4.79 Å². The van der Waals surface area contributed by atoms with Gasteiger partial charge in [-0.05, 0) is 12.1 Å². The van der Waals surface area contributed by atoms with Crippen molar-refractivity contribution in [1.82, 2.24) is 4.57 Å². The van der Waals surface area contributed by atoms with Gasteiger partial charge in [0.25, 0.3) is 0 Å². The van der Waals surface area contributed by atoms with Gasteiger partial charge in [0, 0.05) is 17.6 Å². The Morgan fingerprint density at radius 1 is 1.43 bits per heavy atom. The summed E-state index contributed by atoms with van der Waals surface area (Å²) in [5.74, 6) is -0.845. The van der Waals surface area contributed by atoms with Crippen LogP contribution in [0.5, 0.6) is 5.75 Å². The lowest BCUT2D eigenvalue weighted by Gasteiger charge is -2.15. The highest BCUT2D eigenvalue weighted by Crippen LogP contribution is 2.19. The lowest BCUT2D eigenvalue weighted by Crippen LogP contribution is -2.24. The van der Waals surface area contributed by atoms with Crippen LogP contribution in [0.3, 0.4) is 0 Å². The third-order valence-electron chi connectivity index (χ3n) is 3.14. The molecule has 1 atom stereocenters. The Morgan fingerprint density at radius 3 is 2.71 bits per heavy atom. The van der Waals surface area contributed by atoms with Crippen molar-refractivity contribution in [1.29, 1.82) is 0 Å². The number of nitrogens with zero attached hydrogens (tertiary/aromatic N) is 1. The fraction of sp³-hybridized carbons (Fsp3) is 0.286. The van der Waals surface area contributed by atoms with Crippen molar-refractivity contribution in [3.05, 3.63) is 40.2 Å². The molecule has 112 valence electrons. The number of aliphatic hydroxyl groups is 2. The van der Waals surface area contributed by atoms with E-state index in [-0.39, 0.29) is 11.9 Å². The topological polar surface area (TPSA) is 109 Å². The van der Waals surface area contributed by atoms with Crippen molar-refractivity contribution in [2.75, 3.05) is 13.7 Å². The van der Waals surface area contributed by atoms with Gasteiger partial charge in [-0.2, -0.15) is 0 Å². The first-order valence-corrected chi connectivity index (χ1v) is 6.21. The minimum absolute atomic E-state index is 0.0409. The van der Waals surface area contributed by atoms with Crippen LogP contribution < -0.4 is 10.2 Å². The molecule has 0 fully saturated rings. The van der Waals surface area contributed by atoms with Crippen LogP contribution in [0.25, 0.3) is 10.9 Å². The predicted molar refractivity (Wildman–Crippen MR) is 74.8 cm³/mol. The van der Waals surface area contributed by atoms with E-state index in [9.17, 15) is 14.7 Å². The van der Waals surface area contributed by atoms with Gasteiger partial charge in [-0.15, -0.1) is 0 Å². The molecule has 1 heterocycles. The van der Waals surface area contributed by atoms with E-state index in [0.29, 0.717) is 11.3 Å². The van der Waals surface area contributed by atoms with Gasteiger partial charge >= 0.3 is 5.97 Å². The fourth-order valence-corrected chi connectivity index (χ4v) is 2.09. The van der Waals surface area contributed by atoms with Gasteiger partial charge in [0.1, 0.15) is 11.3 Å². The molecule has 2 aromatic rings. The summed E-state index contributed by atoms with van der Waals surface area (Å²) in [5, 5.41) is 27.8. The minimum atomic E-state index is -1.34. The molecular weight excluding hydrogens is 278 g/mol. The van der Waals surface area contributed by atoms with E-state index in [1.54, 1.807) is 12.1 Å². The molecule has 0 aliphatic carbocycles. The molecule has 0 amide bonds. The molecule has 1 aromatic carbocycles. The van der Waals surface area contributed by atoms with Crippen LogP contribution >= 0.6 is 0 Å². The number of benzene rings is 1. The molecule has 0 bridgehead atoms. The average Bonchev–Trinajstić information content (AvgIpc) is 2.48. The fourth-order valence-electron chi connectivity index (χ4n) is 2.09. The highest BCUT2D eigenvalue weighted by molar-refractivity contribution is 5.92. The van der Waals surface area contributed by atoms with Crippen LogP contribution in [0.4, 0.5) is 0 Å². The molecule has 2 rings (SSSR count). The van der Waals surface area contributed by atoms with Gasteiger partial charge in [0.15, 0.2) is 0 Å². The highest BCUT2D eigenvalue weighted by Gasteiger charge is 2.16. The summed E-state index contributed by atoms with van der Waals surface area (Å²) >= 11 is 0. The van der Waals surface area contributed by atoms with E-state index < -0.39 is 29.7 Å². The summed E-state index contributed by atoms with van der Waals surface area (Å²) in [6.07, 6.45) is 0.0919. The van der Waals surface area contributed by atoms with Gasteiger partial charge in [-0.1, -0.05) is 0 Å². The number of carboxylic acid groups (broad SMARTS) is 1. The molecule has 21 heavy (non-hydrogen) atoms. The Morgan fingerprint density at radius 2 is 2.14 bits per heavy atom. The SMILES string of the molecule is COc1ccc2c(=O)c(C(=O)O)cn(CC(O)CO)c2c1. The number of methoxy groups -OCH3 is 1. The highest BCUT2D eigenvalue weighted by atomic mass is 16.5. The minimum Gasteiger partial charge on any atom is -0.497 e. The maximum Gasteiger partial charge on any atom is 0.341 e. The van der Waals surface area contributed by atoms with Crippen molar-refractivity contribution in [2.24, 2.45) is 0 Å². The van der Waals surface area contributed by atoms with Crippen LogP contribution in [0, 0.1) is 0 Å². The van der Waals surface area contributed by atoms with E-state index in [2.05, 4.69) is 0 Å². The lowest BCUT2D eigenvalue weighted by atomic mass is 10.1. The predicted octanol–water partition coefficient (Wildman–Crippen LogP) is 0.0615. The number of aromatic carboxylic acids is 1. The Kier molecular flexibility index (Phi) is 4.25. The molecule has 1 aromatic heterocycles. The van der Waals surface area contributed by atoms with Crippen LogP contribution in [0.1, 0.15) is 10.4 Å². The number of ether oxygens (including phenoxy) is 1. The number of aliphatic hydroxyl groups excluding tert-OH is 2. The zero-order chi connectivity index (χ0) is 15.6. The number of aromatic nitrogens is 1. The third-order valence-corrected chi connectivity index (χ3v) is 3.14. The van der Waals surface area contributed by atoms with Crippen LogP contribution in [-0.4, -0.2) is 45.7 Å². The standard InChI is InChI=1S/C14H15NO6/c1-21-9-2-3-10-12(4-9)15(5-8(17)7-16)6-11(13(10)18)14(19)20/h2-4,6,8,16-17H,5,7H2,1H3,(H,19,20). The summed E-state index contributed by atoms with van der Waals surface area (Å²) in [6, 6.07) is 4.61. The van der Waals surface area contributed by atoms with Crippen LogP contribution in [-0.2, 0) is 6.54 Å². The number of rotatable bonds is 5. The molecule has 0 radical (unpaired) electrons. The second kappa shape index (κ2) is 5.94. The third kappa shape index (κ3) is 2.88. The van der Waals surface area contributed by atoms with E-state index in [4.69, 9.17) is 14.9 Å². The van der Waals surface area contributed by atoms with E-state index in [1.165, 1.54) is 17.7 Å². The number of carboxylic acids is 1. The molecule has 0 saturated heterocycles. The van der Waals surface area contributed by atoms with Crippen molar-refractivity contribution in [3.8, 4) is 5.75 Å². The normalized spacial score (nSPS) is 12.3. The summed E-state index contributed by atoms with van der Waals surface area (Å²) in [6.45, 7) is -0.513. The zero-order valence-corrected chi connectivity index (χ0v) is 11.3. The molecular formula is C14H15NO6. The number of hydrogen-bond acceptors (Lipinski definition) is 5. The summed E-state index contributed by atoms with van der Waals surface area (Å²) in [4.78, 5) is 23.3. The number of fused-ring (bicyclic) bond motifs is 1. The van der Waals surface area contributed by atoms with Crippen molar-refractivity contribution < 1.29 is 24.9 Å². The van der Waals surface area contributed by atoms with Gasteiger partial charge in [0.05, 0.1) is 31.9 Å². The Labute approximate surface area is 119 Å². The van der Waals surface area contributed by atoms with E-state index in [1.807, 2.05) is 0 Å². The molecule has 0 aliphatic rings. The molecule has 3 N–H and O–H groups in total. The largest absolute Gasteiger partial charge is 0.497 e. The first-order chi connectivity index (χ1) is 9.97. The Hall–Kier alpha value is -2.38. The first-order valence-electron chi connectivity index (χ1n) is 6.21. The Bertz CT molecular complexity index is 736. The van der Waals surface area contributed by atoms with Gasteiger partial charge in [-0.25, -0.2) is 4.79 Å². The Balaban J connectivity index is 2.75. The summed E-state index contributed by atoms with van der Waals surface area (Å²) < 4.78 is 6.50. The second-order valence-corrected chi connectivity index (χ2v) is 4.55. The molecule has 7 heteroatoms. The molecule has 7 nitrogen and oxygen atoms in total. The average molecular weight is 293 g/mol. The lowest BCUT2D eigenvalue weighted by molar-refractivity contribution is 0.0691. The smallest absolute Gasteiger partial charge is 0.341 e. The van der Waals surface area contributed by atoms with E-state index in [0.717, 1.165) is 6.20 Å². The molecule has 0 aliphatic heterocycles. The van der Waals surface area contributed by atoms with Crippen LogP contribution in [0.2, 0.25) is 0 Å². The van der Waals surface area contributed by atoms with E-state index >= 15 is 0 Å². The summed E-state index contributed by atoms with van der Waals surface area (Å²) in [5.41, 5.74) is -0.565. The monoisotopic (exact) mass is 293 g/mol. The zero-order valence-electron chi connectivity index (χ0n) is 11.3. The molecule has 0 spiro atoms. The van der Waals surface area contributed by atoms with Gasteiger partial charge < -0.3 is 24.6 Å². The molecule has 0 saturated carbocycles. The molecule has 1 unspecified atom stereocenters. The number of pyridine rings is 1. The second-order valence-electron chi connectivity index (χ2n) is 4.55. The first kappa shape index (κ1) is 15.0. The van der Waals surface area contributed by atoms with Gasteiger partial charge in [0.2, 0.25) is 5.43 Å². The quantitative estimate of drug-likeness (QED) is 0.719. The summed E-state index contributed by atoms with van der Waals surface area (Å²) in [7, 11) is 1.47. The van der Waals surface area contributed by atoms with Crippen molar-refractivity contribution in [3.63, 3.8) is 0 Å². The number of hydrogen-bond donors (Lipinski definition) is 3. The number of carbonyl (C=O) groups is 1.